The van der Waals surface area contributed by atoms with Crippen LogP contribution in [-0.2, 0) is 4.79 Å². The average Bonchev–Trinajstić information content (AvgIpc) is 2.31. The monoisotopic (exact) mass is 269 g/mol. The normalized spacial score (nSPS) is 10.7. The van der Waals surface area contributed by atoms with Crippen LogP contribution in [0.15, 0.2) is 24.3 Å². The number of hydrogen-bond donors (Lipinski definition) is 2. The molecule has 0 aromatic heterocycles. The Bertz CT molecular complexity index is 365. The van der Waals surface area contributed by atoms with Crippen molar-refractivity contribution in [2.75, 3.05) is 39.0 Å². The van der Waals surface area contributed by atoms with Crippen LogP contribution in [0.3, 0.4) is 0 Å². The molecule has 0 saturated heterocycles. The molecular weight excluding hydrogens is 250 g/mol. The third-order valence-corrected chi connectivity index (χ3v) is 2.62. The van der Waals surface area contributed by atoms with Gasteiger partial charge in [0.15, 0.2) is 0 Å². The van der Waals surface area contributed by atoms with Gasteiger partial charge >= 0.3 is 0 Å². The van der Waals surface area contributed by atoms with Crippen LogP contribution in [-0.4, -0.2) is 44.5 Å². The van der Waals surface area contributed by atoms with E-state index in [1.807, 2.05) is 14.1 Å². The van der Waals surface area contributed by atoms with Crippen LogP contribution in [0.1, 0.15) is 6.42 Å². The highest BCUT2D eigenvalue weighted by Crippen LogP contribution is 2.12. The lowest BCUT2D eigenvalue weighted by molar-refractivity contribution is -0.115. The number of nitrogens with one attached hydrogen (secondary N) is 2. The van der Waals surface area contributed by atoms with E-state index in [9.17, 15) is 4.79 Å². The zero-order chi connectivity index (χ0) is 13.4. The maximum Gasteiger partial charge on any atom is 0.238 e. The molecule has 1 aromatic carbocycles. The molecule has 0 aliphatic heterocycles. The maximum atomic E-state index is 11.6. The van der Waals surface area contributed by atoms with Gasteiger partial charge in [-0.05, 0) is 57.9 Å². The number of amides is 1. The van der Waals surface area contributed by atoms with Crippen LogP contribution in [0.25, 0.3) is 0 Å². The van der Waals surface area contributed by atoms with Crippen molar-refractivity contribution in [2.24, 2.45) is 0 Å². The van der Waals surface area contributed by atoms with Crippen molar-refractivity contribution in [1.82, 2.24) is 10.2 Å². The SMILES string of the molecule is CN(C)CCCNCC(=O)Nc1ccc(Cl)cc1. The molecule has 100 valence electrons. The van der Waals surface area contributed by atoms with Crippen LogP contribution < -0.4 is 10.6 Å². The molecule has 18 heavy (non-hydrogen) atoms. The summed E-state index contributed by atoms with van der Waals surface area (Å²) >= 11 is 5.76. The van der Waals surface area contributed by atoms with Gasteiger partial charge in [0, 0.05) is 10.7 Å². The number of carbonyl (C=O) groups is 1. The Kier molecular flexibility index (Phi) is 6.72. The summed E-state index contributed by atoms with van der Waals surface area (Å²) in [7, 11) is 4.07. The van der Waals surface area contributed by atoms with Crippen molar-refractivity contribution in [2.45, 2.75) is 6.42 Å². The lowest BCUT2D eigenvalue weighted by Crippen LogP contribution is -2.30. The highest BCUT2D eigenvalue weighted by molar-refractivity contribution is 6.30. The maximum absolute atomic E-state index is 11.6. The molecule has 0 saturated carbocycles. The van der Waals surface area contributed by atoms with Gasteiger partial charge in [-0.15, -0.1) is 0 Å². The molecule has 0 heterocycles. The molecule has 0 unspecified atom stereocenters. The molecular formula is C13H20ClN3O. The molecule has 4 nitrogen and oxygen atoms in total. The van der Waals surface area contributed by atoms with E-state index >= 15 is 0 Å². The van der Waals surface area contributed by atoms with Crippen LogP contribution in [0.4, 0.5) is 5.69 Å². The van der Waals surface area contributed by atoms with Gasteiger partial charge < -0.3 is 15.5 Å². The van der Waals surface area contributed by atoms with E-state index in [4.69, 9.17) is 11.6 Å². The fraction of sp³-hybridized carbons (Fsp3) is 0.462. The number of anilines is 1. The summed E-state index contributed by atoms with van der Waals surface area (Å²) in [6.45, 7) is 2.19. The predicted molar refractivity (Wildman–Crippen MR) is 76.1 cm³/mol. The number of nitrogens with zero attached hydrogens (tertiary/aromatic N) is 1. The number of rotatable bonds is 7. The van der Waals surface area contributed by atoms with Crippen molar-refractivity contribution in [3.63, 3.8) is 0 Å². The summed E-state index contributed by atoms with van der Waals surface area (Å²) in [6.07, 6.45) is 1.03. The van der Waals surface area contributed by atoms with Gasteiger partial charge in [0.25, 0.3) is 0 Å². The summed E-state index contributed by atoms with van der Waals surface area (Å²) in [4.78, 5) is 13.7. The minimum Gasteiger partial charge on any atom is -0.325 e. The summed E-state index contributed by atoms with van der Waals surface area (Å²) in [5, 5.41) is 6.57. The summed E-state index contributed by atoms with van der Waals surface area (Å²) in [5.41, 5.74) is 0.763. The van der Waals surface area contributed by atoms with E-state index in [1.54, 1.807) is 24.3 Å². The van der Waals surface area contributed by atoms with Crippen LogP contribution in [0.5, 0.6) is 0 Å². The van der Waals surface area contributed by atoms with Crippen molar-refractivity contribution >= 4 is 23.2 Å². The standard InChI is InChI=1S/C13H20ClN3O/c1-17(2)9-3-8-15-10-13(18)16-12-6-4-11(14)5-7-12/h4-7,15H,3,8-10H2,1-2H3,(H,16,18). The van der Waals surface area contributed by atoms with E-state index < -0.39 is 0 Å². The Morgan fingerprint density at radius 2 is 1.94 bits per heavy atom. The lowest BCUT2D eigenvalue weighted by atomic mass is 10.3. The third kappa shape index (κ3) is 6.59. The smallest absolute Gasteiger partial charge is 0.238 e. The zero-order valence-corrected chi connectivity index (χ0v) is 11.6. The molecule has 0 spiro atoms. The summed E-state index contributed by atoms with van der Waals surface area (Å²) < 4.78 is 0. The first-order valence-electron chi connectivity index (χ1n) is 5.99. The predicted octanol–water partition coefficient (Wildman–Crippen LogP) is 1.82. The molecule has 0 fully saturated rings. The average molecular weight is 270 g/mol. The van der Waals surface area contributed by atoms with E-state index in [0.717, 1.165) is 25.2 Å². The van der Waals surface area contributed by atoms with Crippen molar-refractivity contribution in [3.05, 3.63) is 29.3 Å². The van der Waals surface area contributed by atoms with Crippen LogP contribution >= 0.6 is 11.6 Å². The Morgan fingerprint density at radius 3 is 2.56 bits per heavy atom. The van der Waals surface area contributed by atoms with Crippen molar-refractivity contribution < 1.29 is 4.79 Å². The fourth-order valence-corrected chi connectivity index (χ4v) is 1.59. The number of benzene rings is 1. The zero-order valence-electron chi connectivity index (χ0n) is 10.9. The molecule has 0 atom stereocenters. The van der Waals surface area contributed by atoms with Gasteiger partial charge in [-0.25, -0.2) is 0 Å². The second kappa shape index (κ2) is 8.08. The van der Waals surface area contributed by atoms with Gasteiger partial charge in [0.1, 0.15) is 0 Å². The Balaban J connectivity index is 2.16. The van der Waals surface area contributed by atoms with Gasteiger partial charge in [-0.3, -0.25) is 4.79 Å². The summed E-state index contributed by atoms with van der Waals surface area (Å²) in [5.74, 6) is -0.0397. The Morgan fingerprint density at radius 1 is 1.28 bits per heavy atom. The van der Waals surface area contributed by atoms with Gasteiger partial charge in [0.2, 0.25) is 5.91 Å². The number of halogens is 1. The largest absolute Gasteiger partial charge is 0.325 e. The Labute approximate surface area is 113 Å². The minimum absolute atomic E-state index is 0.0397. The second-order valence-electron chi connectivity index (χ2n) is 4.39. The highest BCUT2D eigenvalue weighted by atomic mass is 35.5. The Hall–Kier alpha value is -1.10. The molecule has 5 heteroatoms. The van der Waals surface area contributed by atoms with E-state index in [1.165, 1.54) is 0 Å². The van der Waals surface area contributed by atoms with E-state index in [2.05, 4.69) is 15.5 Å². The molecule has 0 radical (unpaired) electrons. The molecule has 1 aromatic rings. The number of carbonyl (C=O) groups excluding carboxylic acids is 1. The molecule has 0 aliphatic rings. The topological polar surface area (TPSA) is 44.4 Å². The first-order valence-corrected chi connectivity index (χ1v) is 6.36. The number of hydrogen-bond acceptors (Lipinski definition) is 3. The van der Waals surface area contributed by atoms with Crippen LogP contribution in [0.2, 0.25) is 5.02 Å². The van der Waals surface area contributed by atoms with E-state index in [-0.39, 0.29) is 5.91 Å². The minimum atomic E-state index is -0.0397. The van der Waals surface area contributed by atoms with Gasteiger partial charge in [-0.1, -0.05) is 11.6 Å². The second-order valence-corrected chi connectivity index (χ2v) is 4.83. The quantitative estimate of drug-likeness (QED) is 0.742. The van der Waals surface area contributed by atoms with Crippen molar-refractivity contribution in [3.8, 4) is 0 Å². The molecule has 1 amide bonds. The van der Waals surface area contributed by atoms with Gasteiger partial charge in [0.05, 0.1) is 6.54 Å². The molecule has 1 rings (SSSR count). The lowest BCUT2D eigenvalue weighted by Gasteiger charge is -2.10. The van der Waals surface area contributed by atoms with E-state index in [0.29, 0.717) is 11.6 Å². The van der Waals surface area contributed by atoms with Crippen molar-refractivity contribution in [1.29, 1.82) is 0 Å². The highest BCUT2D eigenvalue weighted by Gasteiger charge is 2.01. The van der Waals surface area contributed by atoms with Gasteiger partial charge in [-0.2, -0.15) is 0 Å². The molecule has 0 aliphatic carbocycles. The third-order valence-electron chi connectivity index (χ3n) is 2.37. The molecule has 2 N–H and O–H groups in total. The fourth-order valence-electron chi connectivity index (χ4n) is 1.46. The first kappa shape index (κ1) is 15.0. The molecule has 0 bridgehead atoms. The van der Waals surface area contributed by atoms with Crippen LogP contribution in [0, 0.1) is 0 Å². The first-order chi connectivity index (χ1) is 8.58. The summed E-state index contributed by atoms with van der Waals surface area (Å²) in [6, 6.07) is 7.07.